The van der Waals surface area contributed by atoms with Crippen molar-refractivity contribution in [3.63, 3.8) is 0 Å². The average molecular weight is 364 g/mol. The number of rotatable bonds is 10. The van der Waals surface area contributed by atoms with E-state index in [1.807, 2.05) is 6.92 Å². The quantitative estimate of drug-likeness (QED) is 0.635. The summed E-state index contributed by atoms with van der Waals surface area (Å²) in [5.41, 5.74) is 0. The van der Waals surface area contributed by atoms with Crippen LogP contribution in [0.3, 0.4) is 0 Å². The number of hydrogen-bond donors (Lipinski definition) is 2. The average Bonchev–Trinajstić information content (AvgIpc) is 3.02. The van der Waals surface area contributed by atoms with Crippen molar-refractivity contribution in [2.75, 3.05) is 38.0 Å². The zero-order valence-electron chi connectivity index (χ0n) is 15.7. The largest absolute Gasteiger partial charge is 0.360 e. The molecule has 0 radical (unpaired) electrons. The molecule has 0 fully saturated rings. The van der Waals surface area contributed by atoms with Crippen LogP contribution >= 0.6 is 11.3 Å². The minimum absolute atomic E-state index is 0.00472. The van der Waals surface area contributed by atoms with E-state index >= 15 is 0 Å². The number of fused-ring (bicyclic) bond motifs is 1. The first-order chi connectivity index (χ1) is 12.1. The highest BCUT2D eigenvalue weighted by Crippen LogP contribution is 2.29. The van der Waals surface area contributed by atoms with Gasteiger partial charge in [0.05, 0.1) is 11.9 Å². The molecule has 6 nitrogen and oxygen atoms in total. The highest BCUT2D eigenvalue weighted by Gasteiger charge is 2.11. The molecule has 138 valence electrons. The van der Waals surface area contributed by atoms with Crippen molar-refractivity contribution in [1.29, 1.82) is 0 Å². The molecular formula is C18H29N5OS. The van der Waals surface area contributed by atoms with Crippen molar-refractivity contribution in [2.45, 2.75) is 40.5 Å². The third kappa shape index (κ3) is 5.64. The number of hydrogen-bond acceptors (Lipinski definition) is 6. The van der Waals surface area contributed by atoms with E-state index in [9.17, 15) is 4.79 Å². The van der Waals surface area contributed by atoms with Crippen LogP contribution in [-0.4, -0.2) is 53.5 Å². The van der Waals surface area contributed by atoms with E-state index in [4.69, 9.17) is 0 Å². The molecule has 2 N–H and O–H groups in total. The number of nitrogens with zero attached hydrogens (tertiary/aromatic N) is 3. The van der Waals surface area contributed by atoms with E-state index in [1.165, 1.54) is 4.88 Å². The van der Waals surface area contributed by atoms with Gasteiger partial charge in [-0.2, -0.15) is 0 Å². The summed E-state index contributed by atoms with van der Waals surface area (Å²) in [6, 6.07) is 2.11. The van der Waals surface area contributed by atoms with E-state index < -0.39 is 0 Å². The number of thiophene rings is 1. The Morgan fingerprint density at radius 3 is 2.68 bits per heavy atom. The molecule has 0 bridgehead atoms. The number of carbonyl (C=O) groups excluding carboxylic acids is 1. The first-order valence-electron chi connectivity index (χ1n) is 9.07. The van der Waals surface area contributed by atoms with Gasteiger partial charge < -0.3 is 15.5 Å². The molecule has 0 saturated carbocycles. The highest BCUT2D eigenvalue weighted by molar-refractivity contribution is 7.18. The number of aryl methyl sites for hydroxylation is 2. The molecule has 25 heavy (non-hydrogen) atoms. The van der Waals surface area contributed by atoms with E-state index in [1.54, 1.807) is 11.3 Å². The predicted octanol–water partition coefficient (Wildman–Crippen LogP) is 2.82. The van der Waals surface area contributed by atoms with Gasteiger partial charge in [0, 0.05) is 11.4 Å². The van der Waals surface area contributed by atoms with Crippen LogP contribution in [-0.2, 0) is 11.2 Å². The van der Waals surface area contributed by atoms with Crippen LogP contribution in [0.2, 0.25) is 0 Å². The second-order valence-corrected chi connectivity index (χ2v) is 7.10. The van der Waals surface area contributed by atoms with Crippen LogP contribution < -0.4 is 10.6 Å². The Labute approximate surface area is 154 Å². The highest BCUT2D eigenvalue weighted by atomic mass is 32.1. The lowest BCUT2D eigenvalue weighted by Crippen LogP contribution is -2.33. The Morgan fingerprint density at radius 2 is 2.00 bits per heavy atom. The molecule has 1 amide bonds. The Hall–Kier alpha value is -1.73. The number of amides is 1. The zero-order valence-corrected chi connectivity index (χ0v) is 16.5. The second-order valence-electron chi connectivity index (χ2n) is 5.99. The molecular weight excluding hydrogens is 334 g/mol. The minimum Gasteiger partial charge on any atom is -0.360 e. The lowest BCUT2D eigenvalue weighted by atomic mass is 10.3. The zero-order chi connectivity index (χ0) is 18.2. The predicted molar refractivity (Wildman–Crippen MR) is 105 cm³/mol. The summed E-state index contributed by atoms with van der Waals surface area (Å²) in [6.07, 6.45) is 1.95. The smallest absolute Gasteiger partial charge is 0.239 e. The molecule has 2 heterocycles. The van der Waals surface area contributed by atoms with Crippen molar-refractivity contribution in [3.8, 4) is 0 Å². The fourth-order valence-corrected chi connectivity index (χ4v) is 3.70. The summed E-state index contributed by atoms with van der Waals surface area (Å²) in [4.78, 5) is 25.6. The minimum atomic E-state index is -0.00472. The third-order valence-corrected chi connectivity index (χ3v) is 5.36. The molecule has 0 atom stereocenters. The first-order valence-corrected chi connectivity index (χ1v) is 9.88. The number of nitrogens with one attached hydrogen (secondary N) is 2. The maximum atomic E-state index is 12.1. The summed E-state index contributed by atoms with van der Waals surface area (Å²) in [6.45, 7) is 12.4. The Kier molecular flexibility index (Phi) is 7.58. The third-order valence-electron chi connectivity index (χ3n) is 4.19. The number of carbonyl (C=O) groups is 1. The van der Waals surface area contributed by atoms with Gasteiger partial charge in [0.2, 0.25) is 5.91 Å². The van der Waals surface area contributed by atoms with Crippen LogP contribution in [0.1, 0.15) is 37.9 Å². The van der Waals surface area contributed by atoms with Crippen molar-refractivity contribution < 1.29 is 4.79 Å². The summed E-state index contributed by atoms with van der Waals surface area (Å²) in [7, 11) is 0. The molecule has 0 aliphatic carbocycles. The van der Waals surface area contributed by atoms with Gasteiger partial charge in [-0.1, -0.05) is 20.8 Å². The van der Waals surface area contributed by atoms with Crippen LogP contribution in [0.15, 0.2) is 6.07 Å². The van der Waals surface area contributed by atoms with E-state index in [0.717, 1.165) is 54.3 Å². The molecule has 7 heteroatoms. The topological polar surface area (TPSA) is 70.2 Å². The maximum Gasteiger partial charge on any atom is 0.239 e. The van der Waals surface area contributed by atoms with Crippen molar-refractivity contribution in [1.82, 2.24) is 20.2 Å². The fourth-order valence-electron chi connectivity index (χ4n) is 2.68. The molecule has 2 aromatic heterocycles. The van der Waals surface area contributed by atoms with Gasteiger partial charge in [-0.05, 0) is 45.5 Å². The van der Waals surface area contributed by atoms with E-state index in [2.05, 4.69) is 52.3 Å². The molecule has 2 rings (SSSR count). The van der Waals surface area contributed by atoms with E-state index in [-0.39, 0.29) is 12.5 Å². The Balaban J connectivity index is 1.85. The second kappa shape index (κ2) is 9.68. The van der Waals surface area contributed by atoms with Gasteiger partial charge >= 0.3 is 0 Å². The van der Waals surface area contributed by atoms with Gasteiger partial charge in [-0.3, -0.25) is 4.79 Å². The Morgan fingerprint density at radius 1 is 1.24 bits per heavy atom. The summed E-state index contributed by atoms with van der Waals surface area (Å²) in [5, 5.41) is 7.14. The van der Waals surface area contributed by atoms with Crippen molar-refractivity contribution in [2.24, 2.45) is 0 Å². The maximum absolute atomic E-state index is 12.1. The van der Waals surface area contributed by atoms with Gasteiger partial charge in [-0.25, -0.2) is 9.97 Å². The van der Waals surface area contributed by atoms with Gasteiger partial charge in [0.15, 0.2) is 0 Å². The van der Waals surface area contributed by atoms with Crippen LogP contribution in [0.5, 0.6) is 0 Å². The van der Waals surface area contributed by atoms with Gasteiger partial charge in [-0.15, -0.1) is 11.3 Å². The van der Waals surface area contributed by atoms with Crippen LogP contribution in [0, 0.1) is 6.92 Å². The fraction of sp³-hybridized carbons (Fsp3) is 0.611. The van der Waals surface area contributed by atoms with Crippen molar-refractivity contribution in [3.05, 3.63) is 16.8 Å². The van der Waals surface area contributed by atoms with Crippen LogP contribution in [0.4, 0.5) is 5.82 Å². The van der Waals surface area contributed by atoms with Crippen LogP contribution in [0.25, 0.3) is 10.2 Å². The lowest BCUT2D eigenvalue weighted by molar-refractivity contribution is -0.119. The molecule has 0 aliphatic rings. The van der Waals surface area contributed by atoms with Crippen molar-refractivity contribution >= 4 is 33.3 Å². The van der Waals surface area contributed by atoms with Gasteiger partial charge in [0.25, 0.3) is 0 Å². The van der Waals surface area contributed by atoms with E-state index in [0.29, 0.717) is 6.54 Å². The number of aromatic nitrogens is 2. The summed E-state index contributed by atoms with van der Waals surface area (Å²) >= 11 is 1.69. The molecule has 0 saturated heterocycles. The molecule has 0 aromatic carbocycles. The Bertz CT molecular complexity index is 696. The van der Waals surface area contributed by atoms with Gasteiger partial charge in [0.1, 0.15) is 16.5 Å². The first kappa shape index (κ1) is 19.6. The number of anilines is 1. The molecule has 0 aliphatic heterocycles. The summed E-state index contributed by atoms with van der Waals surface area (Å²) < 4.78 is 0. The normalized spacial score (nSPS) is 11.2. The molecule has 0 unspecified atom stereocenters. The lowest BCUT2D eigenvalue weighted by Gasteiger charge is -2.17. The molecule has 2 aromatic rings. The summed E-state index contributed by atoms with van der Waals surface area (Å²) in [5.74, 6) is 1.46. The standard InChI is InChI=1S/C18H29N5OS/c1-5-14-11-15-17(21-13(4)22-18(15)25-14)20-12-16(24)19-9-8-10-23(6-2)7-3/h11H,5-10,12H2,1-4H3,(H,19,24)(H,20,21,22). The SMILES string of the molecule is CCc1cc2c(NCC(=O)NCCCN(CC)CC)nc(C)nc2s1. The monoisotopic (exact) mass is 363 g/mol. The molecule has 0 spiro atoms.